The van der Waals surface area contributed by atoms with Crippen LogP contribution in [0.1, 0.15) is 24.1 Å². The van der Waals surface area contributed by atoms with Crippen LogP contribution in [-0.4, -0.2) is 46.4 Å². The largest absolute Gasteiger partial charge is 0.472 e. The molecule has 166 valence electrons. The number of hydrogen-bond donors (Lipinski definition) is 1. The Hall–Kier alpha value is -1.93. The first-order valence-corrected chi connectivity index (χ1v) is 11.0. The molecule has 5 rings (SSSR count). The summed E-state index contributed by atoms with van der Waals surface area (Å²) in [6.07, 6.45) is 10.6. The third-order valence-electron chi connectivity index (χ3n) is 5.79. The van der Waals surface area contributed by atoms with E-state index < -0.39 is 0 Å². The maximum absolute atomic E-state index is 12.7. The number of thioether (sulfide) groups is 1. The predicted molar refractivity (Wildman–Crippen MR) is 128 cm³/mol. The number of nitrogens with zero attached hydrogens (tertiary/aromatic N) is 3. The summed E-state index contributed by atoms with van der Waals surface area (Å²) in [7, 11) is 0. The smallest absolute Gasteiger partial charge is 0.258 e. The van der Waals surface area contributed by atoms with Gasteiger partial charge in [-0.25, -0.2) is 4.98 Å². The van der Waals surface area contributed by atoms with Crippen molar-refractivity contribution >= 4 is 54.2 Å². The fourth-order valence-corrected chi connectivity index (χ4v) is 5.07. The first-order chi connectivity index (χ1) is 14.3. The maximum Gasteiger partial charge on any atom is 0.258 e. The zero-order valence-electron chi connectivity index (χ0n) is 17.0. The average molecular weight is 481 g/mol. The van der Waals surface area contributed by atoms with Crippen LogP contribution in [0.25, 0.3) is 11.7 Å². The summed E-state index contributed by atoms with van der Waals surface area (Å²) in [4.78, 5) is 20.4. The van der Waals surface area contributed by atoms with Crippen molar-refractivity contribution in [3.8, 4) is 0 Å². The summed E-state index contributed by atoms with van der Waals surface area (Å²) in [6, 6.07) is 8.03. The standard InChI is InChI=1S/C22H24N4O2S.2ClH/c27-22(19-12-18-14-23-20-2-1-3-21(29-19)26(18)20)24-13-16-4-8-25(9-5-16)10-6-17-7-11-28-15-17;;/h1-3,7,11-12,14-16H,4-6,8-10,13H2,(H,24,27);2*1H. The van der Waals surface area contributed by atoms with E-state index in [0.29, 0.717) is 5.92 Å². The molecule has 5 heterocycles. The Balaban J connectivity index is 0.00000136. The van der Waals surface area contributed by atoms with Gasteiger partial charge in [0.1, 0.15) is 5.65 Å². The van der Waals surface area contributed by atoms with Gasteiger partial charge in [0, 0.05) is 13.1 Å². The quantitative estimate of drug-likeness (QED) is 0.569. The zero-order valence-corrected chi connectivity index (χ0v) is 19.5. The van der Waals surface area contributed by atoms with Gasteiger partial charge in [-0.05, 0) is 68.1 Å². The monoisotopic (exact) mass is 480 g/mol. The van der Waals surface area contributed by atoms with Crippen LogP contribution in [0.2, 0.25) is 0 Å². The molecular weight excluding hydrogens is 455 g/mol. The molecule has 2 aliphatic rings. The van der Waals surface area contributed by atoms with Gasteiger partial charge < -0.3 is 14.6 Å². The lowest BCUT2D eigenvalue weighted by atomic mass is 9.96. The number of imidazole rings is 1. The van der Waals surface area contributed by atoms with Crippen molar-refractivity contribution in [1.29, 1.82) is 0 Å². The SMILES string of the molecule is Cl.Cl.O=C(NCC1CCN(CCc2ccoc2)CC1)C1=Cc2cnc3cccc(n23)S1. The van der Waals surface area contributed by atoms with Crippen molar-refractivity contribution in [2.75, 3.05) is 26.2 Å². The zero-order chi connectivity index (χ0) is 19.6. The summed E-state index contributed by atoms with van der Waals surface area (Å²) in [6.45, 7) is 4.01. The second-order valence-corrected chi connectivity index (χ2v) is 8.79. The number of rotatable bonds is 6. The van der Waals surface area contributed by atoms with Crippen LogP contribution >= 0.6 is 36.6 Å². The molecule has 0 aliphatic carbocycles. The number of halogens is 2. The van der Waals surface area contributed by atoms with E-state index in [2.05, 4.69) is 19.6 Å². The molecule has 0 atom stereocenters. The van der Waals surface area contributed by atoms with Crippen molar-refractivity contribution in [3.05, 3.63) is 59.2 Å². The average Bonchev–Trinajstić information content (AvgIpc) is 3.42. The number of carbonyl (C=O) groups is 1. The fraction of sp³-hybridized carbons (Fsp3) is 0.364. The molecule has 31 heavy (non-hydrogen) atoms. The van der Waals surface area contributed by atoms with Crippen LogP contribution in [-0.2, 0) is 11.2 Å². The van der Waals surface area contributed by atoms with Gasteiger partial charge in [-0.3, -0.25) is 9.20 Å². The van der Waals surface area contributed by atoms with Crippen LogP contribution in [0.3, 0.4) is 0 Å². The predicted octanol–water partition coefficient (Wildman–Crippen LogP) is 4.29. The van der Waals surface area contributed by atoms with Gasteiger partial charge in [0.05, 0.1) is 34.3 Å². The second-order valence-electron chi connectivity index (χ2n) is 7.73. The minimum absolute atomic E-state index is 0. The molecule has 0 bridgehead atoms. The minimum Gasteiger partial charge on any atom is -0.472 e. The summed E-state index contributed by atoms with van der Waals surface area (Å²) in [5.74, 6) is 0.564. The Kier molecular flexibility index (Phi) is 8.11. The van der Waals surface area contributed by atoms with E-state index in [4.69, 9.17) is 4.42 Å². The third-order valence-corrected chi connectivity index (χ3v) is 6.84. The number of hydrogen-bond acceptors (Lipinski definition) is 5. The van der Waals surface area contributed by atoms with Gasteiger partial charge in [0.15, 0.2) is 0 Å². The molecule has 1 fully saturated rings. The van der Waals surface area contributed by atoms with E-state index >= 15 is 0 Å². The number of pyridine rings is 1. The van der Waals surface area contributed by atoms with Gasteiger partial charge in [0.2, 0.25) is 0 Å². The van der Waals surface area contributed by atoms with Crippen molar-refractivity contribution in [1.82, 2.24) is 19.6 Å². The van der Waals surface area contributed by atoms with Crippen LogP contribution in [0.15, 0.2) is 57.3 Å². The number of amides is 1. The number of nitrogens with one attached hydrogen (secondary N) is 1. The number of aromatic nitrogens is 2. The lowest BCUT2D eigenvalue weighted by Crippen LogP contribution is -2.39. The number of likely N-dealkylation sites (tertiary alicyclic amines) is 1. The van der Waals surface area contributed by atoms with Crippen molar-refractivity contribution < 1.29 is 9.21 Å². The van der Waals surface area contributed by atoms with Gasteiger partial charge in [-0.2, -0.15) is 0 Å². The molecular formula is C22H26Cl2N4O2S. The summed E-state index contributed by atoms with van der Waals surface area (Å²) in [5.41, 5.74) is 3.14. The first kappa shape index (κ1) is 23.7. The van der Waals surface area contributed by atoms with E-state index in [9.17, 15) is 4.79 Å². The molecule has 6 nitrogen and oxygen atoms in total. The third kappa shape index (κ3) is 5.29. The van der Waals surface area contributed by atoms with E-state index in [1.807, 2.05) is 42.8 Å². The van der Waals surface area contributed by atoms with Gasteiger partial charge in [-0.15, -0.1) is 24.8 Å². The molecule has 0 radical (unpaired) electrons. The number of furan rings is 1. The number of piperidine rings is 1. The molecule has 0 spiro atoms. The molecule has 2 aliphatic heterocycles. The van der Waals surface area contributed by atoms with Gasteiger partial charge >= 0.3 is 0 Å². The highest BCUT2D eigenvalue weighted by atomic mass is 35.5. The molecule has 1 amide bonds. The first-order valence-electron chi connectivity index (χ1n) is 10.1. The lowest BCUT2D eigenvalue weighted by molar-refractivity contribution is -0.117. The van der Waals surface area contributed by atoms with Crippen LogP contribution in [0.4, 0.5) is 0 Å². The number of carbonyl (C=O) groups excluding carboxylic acids is 1. The van der Waals surface area contributed by atoms with Gasteiger partial charge in [0.25, 0.3) is 5.91 Å². The highest BCUT2D eigenvalue weighted by Crippen LogP contribution is 2.34. The lowest BCUT2D eigenvalue weighted by Gasteiger charge is -2.32. The van der Waals surface area contributed by atoms with Crippen molar-refractivity contribution in [2.45, 2.75) is 24.3 Å². The Morgan fingerprint density at radius 1 is 1.23 bits per heavy atom. The minimum atomic E-state index is 0. The van der Waals surface area contributed by atoms with E-state index in [0.717, 1.165) is 66.7 Å². The second kappa shape index (κ2) is 10.6. The Morgan fingerprint density at radius 2 is 2.06 bits per heavy atom. The topological polar surface area (TPSA) is 62.8 Å². The molecule has 1 N–H and O–H groups in total. The molecule has 1 saturated heterocycles. The molecule has 0 aromatic carbocycles. The van der Waals surface area contributed by atoms with Crippen LogP contribution < -0.4 is 5.32 Å². The molecule has 3 aromatic heterocycles. The summed E-state index contributed by atoms with van der Waals surface area (Å²) < 4.78 is 7.22. The van der Waals surface area contributed by atoms with Crippen molar-refractivity contribution in [3.63, 3.8) is 0 Å². The summed E-state index contributed by atoms with van der Waals surface area (Å²) >= 11 is 1.51. The van der Waals surface area contributed by atoms with Crippen LogP contribution in [0.5, 0.6) is 0 Å². The van der Waals surface area contributed by atoms with E-state index in [1.54, 1.807) is 6.26 Å². The summed E-state index contributed by atoms with van der Waals surface area (Å²) in [5, 5.41) is 4.19. The Morgan fingerprint density at radius 3 is 2.84 bits per heavy atom. The maximum atomic E-state index is 12.7. The van der Waals surface area contributed by atoms with Crippen LogP contribution in [0, 0.1) is 5.92 Å². The van der Waals surface area contributed by atoms with Crippen molar-refractivity contribution in [2.24, 2.45) is 5.92 Å². The molecule has 9 heteroatoms. The molecule has 0 saturated carbocycles. The normalized spacial score (nSPS) is 16.3. The highest BCUT2D eigenvalue weighted by Gasteiger charge is 2.23. The van der Waals surface area contributed by atoms with E-state index in [1.165, 1.54) is 17.3 Å². The highest BCUT2D eigenvalue weighted by molar-refractivity contribution is 8.04. The Labute approximate surface area is 198 Å². The molecule has 3 aromatic rings. The van der Waals surface area contributed by atoms with E-state index in [-0.39, 0.29) is 30.7 Å². The fourth-order valence-electron chi connectivity index (χ4n) is 4.06. The Bertz CT molecular complexity index is 1040. The van der Waals surface area contributed by atoms with Gasteiger partial charge in [-0.1, -0.05) is 17.8 Å². The molecule has 0 unspecified atom stereocenters.